The molecular weight excluding hydrogens is 194 g/mol. The molecule has 0 bridgehead atoms. The van der Waals surface area contributed by atoms with E-state index in [4.69, 9.17) is 5.73 Å². The van der Waals surface area contributed by atoms with Gasteiger partial charge in [-0.25, -0.2) is 0 Å². The lowest BCUT2D eigenvalue weighted by Crippen LogP contribution is -2.27. The molecule has 0 saturated heterocycles. The Kier molecular flexibility index (Phi) is 6.41. The van der Waals surface area contributed by atoms with Gasteiger partial charge in [0.05, 0.1) is 0 Å². The average Bonchev–Trinajstić information content (AvgIpc) is 2.66. The molecule has 1 fully saturated rings. The Morgan fingerprint density at radius 1 is 1.12 bits per heavy atom. The van der Waals surface area contributed by atoms with Crippen molar-refractivity contribution in [3.63, 3.8) is 0 Å². The van der Waals surface area contributed by atoms with Crippen LogP contribution in [-0.2, 0) is 0 Å². The van der Waals surface area contributed by atoms with Crippen molar-refractivity contribution in [3.8, 4) is 0 Å². The second kappa shape index (κ2) is 7.32. The fourth-order valence-corrected chi connectivity index (χ4v) is 3.29. The lowest BCUT2D eigenvalue weighted by Gasteiger charge is -2.27. The van der Waals surface area contributed by atoms with Gasteiger partial charge in [0.25, 0.3) is 0 Å². The topological polar surface area (TPSA) is 26.0 Å². The fourth-order valence-electron chi connectivity index (χ4n) is 3.29. The smallest absolute Gasteiger partial charge is 0.00204 e. The SMILES string of the molecule is CCCCCCCCC1(CN)CCC(C)C1. The van der Waals surface area contributed by atoms with Crippen LogP contribution < -0.4 is 5.73 Å². The number of rotatable bonds is 8. The van der Waals surface area contributed by atoms with E-state index in [2.05, 4.69) is 13.8 Å². The molecule has 0 amide bonds. The maximum absolute atomic E-state index is 5.99. The summed E-state index contributed by atoms with van der Waals surface area (Å²) in [6.45, 7) is 5.59. The van der Waals surface area contributed by atoms with E-state index in [1.807, 2.05) is 0 Å². The molecule has 2 atom stereocenters. The van der Waals surface area contributed by atoms with Crippen molar-refractivity contribution in [1.29, 1.82) is 0 Å². The monoisotopic (exact) mass is 225 g/mol. The highest BCUT2D eigenvalue weighted by molar-refractivity contribution is 4.88. The minimum Gasteiger partial charge on any atom is -0.330 e. The number of hydrogen-bond acceptors (Lipinski definition) is 1. The van der Waals surface area contributed by atoms with E-state index in [0.29, 0.717) is 5.41 Å². The van der Waals surface area contributed by atoms with Crippen molar-refractivity contribution in [2.24, 2.45) is 17.1 Å². The third-order valence-corrected chi connectivity index (χ3v) is 4.44. The second-order valence-electron chi connectivity index (χ2n) is 6.07. The standard InChI is InChI=1S/C15H31N/c1-3-4-5-6-7-8-10-15(13-16)11-9-14(2)12-15/h14H,3-13,16H2,1-2H3. The number of nitrogens with two attached hydrogens (primary N) is 1. The van der Waals surface area contributed by atoms with Gasteiger partial charge in [0.15, 0.2) is 0 Å². The molecule has 96 valence electrons. The molecule has 1 rings (SSSR count). The Morgan fingerprint density at radius 3 is 2.38 bits per heavy atom. The summed E-state index contributed by atoms with van der Waals surface area (Å²) in [4.78, 5) is 0. The van der Waals surface area contributed by atoms with E-state index in [-0.39, 0.29) is 0 Å². The van der Waals surface area contributed by atoms with Crippen LogP contribution in [0.25, 0.3) is 0 Å². The van der Waals surface area contributed by atoms with E-state index in [1.165, 1.54) is 64.2 Å². The van der Waals surface area contributed by atoms with Gasteiger partial charge in [0, 0.05) is 0 Å². The predicted octanol–water partition coefficient (Wildman–Crippen LogP) is 4.50. The Balaban J connectivity index is 2.10. The van der Waals surface area contributed by atoms with E-state index in [1.54, 1.807) is 0 Å². The third kappa shape index (κ3) is 4.45. The molecule has 0 spiro atoms. The molecule has 1 heteroatoms. The molecule has 0 aliphatic heterocycles. The molecule has 1 aliphatic rings. The summed E-state index contributed by atoms with van der Waals surface area (Å²) in [5.74, 6) is 0.920. The van der Waals surface area contributed by atoms with Crippen LogP contribution in [0.1, 0.15) is 78.1 Å². The first-order chi connectivity index (χ1) is 7.72. The Morgan fingerprint density at radius 2 is 1.81 bits per heavy atom. The molecule has 0 aromatic rings. The summed E-state index contributed by atoms with van der Waals surface area (Å²) in [6.07, 6.45) is 14.0. The van der Waals surface area contributed by atoms with E-state index in [0.717, 1.165) is 12.5 Å². The maximum atomic E-state index is 5.99. The van der Waals surface area contributed by atoms with Crippen molar-refractivity contribution in [2.75, 3.05) is 6.54 Å². The minimum absolute atomic E-state index is 0.532. The van der Waals surface area contributed by atoms with Crippen molar-refractivity contribution < 1.29 is 0 Å². The van der Waals surface area contributed by atoms with Crippen LogP contribution in [0.4, 0.5) is 0 Å². The Bertz CT molecular complexity index is 178. The molecule has 0 radical (unpaired) electrons. The molecule has 0 aromatic heterocycles. The van der Waals surface area contributed by atoms with Gasteiger partial charge < -0.3 is 5.73 Å². The Labute approximate surface area is 102 Å². The molecule has 0 aromatic carbocycles. The molecular formula is C15H31N. The van der Waals surface area contributed by atoms with Gasteiger partial charge in [0.1, 0.15) is 0 Å². The first-order valence-corrected chi connectivity index (χ1v) is 7.42. The zero-order valence-electron chi connectivity index (χ0n) is 11.4. The fraction of sp³-hybridized carbons (Fsp3) is 1.00. The van der Waals surface area contributed by atoms with E-state index in [9.17, 15) is 0 Å². The van der Waals surface area contributed by atoms with Crippen LogP contribution in [0.5, 0.6) is 0 Å². The Hall–Kier alpha value is -0.0400. The van der Waals surface area contributed by atoms with Crippen LogP contribution in [0.15, 0.2) is 0 Å². The summed E-state index contributed by atoms with van der Waals surface area (Å²) in [6, 6.07) is 0. The largest absolute Gasteiger partial charge is 0.330 e. The first kappa shape index (κ1) is 14.0. The molecule has 1 nitrogen and oxygen atoms in total. The van der Waals surface area contributed by atoms with Gasteiger partial charge in [-0.15, -0.1) is 0 Å². The lowest BCUT2D eigenvalue weighted by atomic mass is 9.80. The number of unbranched alkanes of at least 4 members (excludes halogenated alkanes) is 5. The van der Waals surface area contributed by atoms with Gasteiger partial charge in [-0.3, -0.25) is 0 Å². The summed E-state index contributed by atoms with van der Waals surface area (Å²) in [5, 5.41) is 0. The van der Waals surface area contributed by atoms with E-state index < -0.39 is 0 Å². The van der Waals surface area contributed by atoms with Crippen LogP contribution >= 0.6 is 0 Å². The third-order valence-electron chi connectivity index (χ3n) is 4.44. The maximum Gasteiger partial charge on any atom is -0.00204 e. The van der Waals surface area contributed by atoms with Gasteiger partial charge >= 0.3 is 0 Å². The first-order valence-electron chi connectivity index (χ1n) is 7.42. The highest BCUT2D eigenvalue weighted by Gasteiger charge is 2.35. The summed E-state index contributed by atoms with van der Waals surface area (Å²) in [7, 11) is 0. The van der Waals surface area contributed by atoms with Gasteiger partial charge in [0.2, 0.25) is 0 Å². The molecule has 1 aliphatic carbocycles. The van der Waals surface area contributed by atoms with Crippen LogP contribution in [0.3, 0.4) is 0 Å². The summed E-state index contributed by atoms with van der Waals surface area (Å²) >= 11 is 0. The highest BCUT2D eigenvalue weighted by Crippen LogP contribution is 2.44. The minimum atomic E-state index is 0.532. The van der Waals surface area contributed by atoms with Crippen molar-refractivity contribution in [2.45, 2.75) is 78.1 Å². The quantitative estimate of drug-likeness (QED) is 0.605. The summed E-state index contributed by atoms with van der Waals surface area (Å²) < 4.78 is 0. The van der Waals surface area contributed by atoms with Gasteiger partial charge in [-0.1, -0.05) is 58.8 Å². The van der Waals surface area contributed by atoms with Crippen LogP contribution in [0.2, 0.25) is 0 Å². The van der Waals surface area contributed by atoms with Crippen molar-refractivity contribution in [1.82, 2.24) is 0 Å². The molecule has 2 N–H and O–H groups in total. The molecule has 1 saturated carbocycles. The average molecular weight is 225 g/mol. The van der Waals surface area contributed by atoms with Crippen LogP contribution in [-0.4, -0.2) is 6.54 Å². The van der Waals surface area contributed by atoms with Crippen molar-refractivity contribution >= 4 is 0 Å². The van der Waals surface area contributed by atoms with Gasteiger partial charge in [-0.2, -0.15) is 0 Å². The molecule has 16 heavy (non-hydrogen) atoms. The lowest BCUT2D eigenvalue weighted by molar-refractivity contribution is 0.262. The van der Waals surface area contributed by atoms with Crippen molar-refractivity contribution in [3.05, 3.63) is 0 Å². The zero-order valence-corrected chi connectivity index (χ0v) is 11.4. The zero-order chi connectivity index (χ0) is 11.9. The highest BCUT2D eigenvalue weighted by atomic mass is 14.6. The van der Waals surface area contributed by atoms with E-state index >= 15 is 0 Å². The number of hydrogen-bond donors (Lipinski definition) is 1. The summed E-state index contributed by atoms with van der Waals surface area (Å²) in [5.41, 5.74) is 6.53. The normalized spacial score (nSPS) is 29.8. The van der Waals surface area contributed by atoms with Crippen LogP contribution in [0, 0.1) is 11.3 Å². The molecule has 2 unspecified atom stereocenters. The van der Waals surface area contributed by atoms with Gasteiger partial charge in [-0.05, 0) is 37.1 Å². The molecule has 0 heterocycles. The second-order valence-corrected chi connectivity index (χ2v) is 6.07. The predicted molar refractivity (Wildman–Crippen MR) is 72.5 cm³/mol.